The van der Waals surface area contributed by atoms with Crippen LogP contribution in [0, 0.1) is 0 Å². The zero-order valence-corrected chi connectivity index (χ0v) is 11.1. The Labute approximate surface area is 113 Å². The maximum absolute atomic E-state index is 11.5. The van der Waals surface area contributed by atoms with Gasteiger partial charge in [-0.2, -0.15) is 4.79 Å². The van der Waals surface area contributed by atoms with Crippen LogP contribution in [-0.4, -0.2) is 22.1 Å². The summed E-state index contributed by atoms with van der Waals surface area (Å²) in [7, 11) is 0. The van der Waals surface area contributed by atoms with Gasteiger partial charge in [0.2, 0.25) is 11.6 Å². The maximum Gasteiger partial charge on any atom is 0.399 e. The molecule has 100 valence electrons. The molecule has 1 aromatic carbocycles. The average molecular weight is 258 g/mol. The number of carbonyl (C=O) groups excluding carboxylic acids is 2. The monoisotopic (exact) mass is 258 g/mol. The molecule has 1 aromatic rings. The van der Waals surface area contributed by atoms with Gasteiger partial charge in [0, 0.05) is 13.3 Å². The molecule has 4 heteroatoms. The molecule has 0 bridgehead atoms. The Morgan fingerprint density at radius 2 is 1.79 bits per heavy atom. The van der Waals surface area contributed by atoms with E-state index in [1.165, 1.54) is 12.5 Å². The predicted molar refractivity (Wildman–Crippen MR) is 72.9 cm³/mol. The van der Waals surface area contributed by atoms with Crippen LogP contribution in [0.2, 0.25) is 0 Å². The molecule has 0 aliphatic carbocycles. The molecule has 0 unspecified atom stereocenters. The van der Waals surface area contributed by atoms with E-state index < -0.39 is 5.78 Å². The van der Waals surface area contributed by atoms with E-state index in [2.05, 4.69) is 16.9 Å². The third-order valence-corrected chi connectivity index (χ3v) is 2.91. The molecule has 0 saturated carbocycles. The lowest BCUT2D eigenvalue weighted by molar-refractivity contribution is -0.123. The molecule has 0 aromatic heterocycles. The largest absolute Gasteiger partial charge is 0.399 e. The van der Waals surface area contributed by atoms with Gasteiger partial charge in [-0.15, -0.1) is 0 Å². The Morgan fingerprint density at radius 3 is 2.37 bits per heavy atom. The number of hydrogen-bond acceptors (Lipinski definition) is 2. The predicted octanol–water partition coefficient (Wildman–Crippen LogP) is 2.62. The fourth-order valence-electron chi connectivity index (χ4n) is 1.88. The van der Waals surface area contributed by atoms with Crippen molar-refractivity contribution in [2.24, 2.45) is 0 Å². The lowest BCUT2D eigenvalue weighted by atomic mass is 10.0. The molecule has 0 fully saturated rings. The number of nitrogens with zero attached hydrogens (tertiary/aromatic N) is 2. The van der Waals surface area contributed by atoms with Gasteiger partial charge in [0.1, 0.15) is 0 Å². The van der Waals surface area contributed by atoms with Gasteiger partial charge >= 0.3 is 5.71 Å². The smallest absolute Gasteiger partial charge is 0.360 e. The Hall–Kier alpha value is -2.06. The van der Waals surface area contributed by atoms with Crippen molar-refractivity contribution in [2.45, 2.75) is 39.0 Å². The first kappa shape index (κ1) is 15.0. The zero-order chi connectivity index (χ0) is 14.1. The molecule has 0 radical (unpaired) electrons. The van der Waals surface area contributed by atoms with Crippen LogP contribution in [-0.2, 0) is 16.0 Å². The highest BCUT2D eigenvalue weighted by atomic mass is 16.1. The lowest BCUT2D eigenvalue weighted by Crippen LogP contribution is -2.22. The number of ketones is 2. The summed E-state index contributed by atoms with van der Waals surface area (Å²) in [4.78, 5) is 25.3. The molecule has 0 atom stereocenters. The summed E-state index contributed by atoms with van der Waals surface area (Å²) in [5.41, 5.74) is 9.51. The van der Waals surface area contributed by atoms with Crippen molar-refractivity contribution < 1.29 is 14.4 Å². The van der Waals surface area contributed by atoms with E-state index in [-0.39, 0.29) is 17.9 Å². The quantitative estimate of drug-likeness (QED) is 0.236. The van der Waals surface area contributed by atoms with Crippen molar-refractivity contribution in [3.63, 3.8) is 0 Å². The number of unbranched alkanes of at least 4 members (excludes halogenated alkanes) is 2. The van der Waals surface area contributed by atoms with E-state index in [9.17, 15) is 9.59 Å². The van der Waals surface area contributed by atoms with E-state index in [0.29, 0.717) is 6.42 Å². The normalized spacial score (nSPS) is 9.74. The summed E-state index contributed by atoms with van der Waals surface area (Å²) < 4.78 is 0. The van der Waals surface area contributed by atoms with Crippen LogP contribution in [0.1, 0.15) is 38.2 Å². The van der Waals surface area contributed by atoms with Crippen molar-refractivity contribution in [1.82, 2.24) is 0 Å². The van der Waals surface area contributed by atoms with Crippen LogP contribution >= 0.6 is 0 Å². The van der Waals surface area contributed by atoms with Gasteiger partial charge in [-0.25, -0.2) is 0 Å². The number of aryl methyl sites for hydroxylation is 1. The van der Waals surface area contributed by atoms with Crippen LogP contribution in [0.25, 0.3) is 5.53 Å². The highest BCUT2D eigenvalue weighted by Gasteiger charge is 2.24. The first-order valence-electron chi connectivity index (χ1n) is 6.45. The van der Waals surface area contributed by atoms with Crippen molar-refractivity contribution >= 4 is 17.3 Å². The molecule has 0 N–H and O–H groups in total. The van der Waals surface area contributed by atoms with Crippen molar-refractivity contribution in [3.8, 4) is 0 Å². The fourth-order valence-corrected chi connectivity index (χ4v) is 1.88. The number of Topliss-reactive ketones (excluding diaryl/α,β-unsaturated/α-hetero) is 2. The van der Waals surface area contributed by atoms with Gasteiger partial charge in [-0.05, 0) is 24.8 Å². The molecular formula is C15H18N2O2. The Bertz CT molecular complexity index is 488. The molecule has 0 saturated heterocycles. The first-order chi connectivity index (χ1) is 9.15. The van der Waals surface area contributed by atoms with E-state index >= 15 is 0 Å². The molecule has 0 amide bonds. The summed E-state index contributed by atoms with van der Waals surface area (Å²) in [6.45, 7) is 1.22. The SMILES string of the molecule is CC(=O)C(=[N+]=[N-])C(=O)CCCCCc1ccccc1. The van der Waals surface area contributed by atoms with Crippen LogP contribution in [0.4, 0.5) is 0 Å². The summed E-state index contributed by atoms with van der Waals surface area (Å²) >= 11 is 0. The average Bonchev–Trinajstić information content (AvgIpc) is 2.40. The minimum Gasteiger partial charge on any atom is -0.360 e. The van der Waals surface area contributed by atoms with Crippen molar-refractivity contribution in [1.29, 1.82) is 0 Å². The lowest BCUT2D eigenvalue weighted by Gasteiger charge is -2.00. The molecule has 19 heavy (non-hydrogen) atoms. The van der Waals surface area contributed by atoms with Gasteiger partial charge in [0.25, 0.3) is 0 Å². The first-order valence-corrected chi connectivity index (χ1v) is 6.45. The highest BCUT2D eigenvalue weighted by Crippen LogP contribution is 2.08. The van der Waals surface area contributed by atoms with Gasteiger partial charge in [0.05, 0.1) is 0 Å². The fraction of sp³-hybridized carbons (Fsp3) is 0.400. The number of carbonyl (C=O) groups is 2. The molecule has 0 spiro atoms. The van der Waals surface area contributed by atoms with Crippen molar-refractivity contribution in [2.75, 3.05) is 0 Å². The van der Waals surface area contributed by atoms with E-state index in [1.807, 2.05) is 18.2 Å². The standard InChI is InChI=1S/C15H18N2O2/c1-12(18)15(17-16)14(19)11-7-3-6-10-13-8-4-2-5-9-13/h2,4-5,8-9H,3,6-7,10-11H2,1H3. The summed E-state index contributed by atoms with van der Waals surface area (Å²) in [6.07, 6.45) is 3.87. The third kappa shape index (κ3) is 5.40. The van der Waals surface area contributed by atoms with Crippen LogP contribution < -0.4 is 0 Å². The molecule has 4 nitrogen and oxygen atoms in total. The van der Waals surface area contributed by atoms with E-state index in [1.54, 1.807) is 0 Å². The maximum atomic E-state index is 11.5. The van der Waals surface area contributed by atoms with Gasteiger partial charge in [0.15, 0.2) is 0 Å². The number of rotatable bonds is 8. The number of benzene rings is 1. The van der Waals surface area contributed by atoms with E-state index in [0.717, 1.165) is 19.3 Å². The minimum atomic E-state index is -0.489. The molecule has 0 aliphatic heterocycles. The Kier molecular flexibility index (Phi) is 6.41. The molecular weight excluding hydrogens is 240 g/mol. The van der Waals surface area contributed by atoms with Gasteiger partial charge in [-0.1, -0.05) is 36.8 Å². The molecule has 0 aliphatic rings. The summed E-state index contributed by atoms with van der Waals surface area (Å²) in [6, 6.07) is 10.2. The Morgan fingerprint density at radius 1 is 1.11 bits per heavy atom. The third-order valence-electron chi connectivity index (χ3n) is 2.91. The van der Waals surface area contributed by atoms with Crippen molar-refractivity contribution in [3.05, 3.63) is 41.4 Å². The second-order valence-electron chi connectivity index (χ2n) is 4.47. The Balaban J connectivity index is 2.23. The van der Waals surface area contributed by atoms with Crippen LogP contribution in [0.5, 0.6) is 0 Å². The van der Waals surface area contributed by atoms with Gasteiger partial charge in [-0.3, -0.25) is 9.59 Å². The zero-order valence-electron chi connectivity index (χ0n) is 11.1. The second kappa shape index (κ2) is 8.11. The van der Waals surface area contributed by atoms with Crippen LogP contribution in [0.15, 0.2) is 30.3 Å². The second-order valence-corrected chi connectivity index (χ2v) is 4.47. The topological polar surface area (TPSA) is 70.5 Å². The summed E-state index contributed by atoms with van der Waals surface area (Å²) in [5.74, 6) is -0.869. The highest BCUT2D eigenvalue weighted by molar-refractivity contribution is 6.63. The summed E-state index contributed by atoms with van der Waals surface area (Å²) in [5, 5.41) is 0. The molecule has 1 rings (SSSR count). The van der Waals surface area contributed by atoms with Crippen LogP contribution in [0.3, 0.4) is 0 Å². The molecule has 0 heterocycles. The number of hydrogen-bond donors (Lipinski definition) is 0. The van der Waals surface area contributed by atoms with E-state index in [4.69, 9.17) is 5.53 Å². The van der Waals surface area contributed by atoms with Gasteiger partial charge < -0.3 is 5.53 Å². The minimum absolute atomic E-state index is 0.258.